The minimum atomic E-state index is -0.386. The minimum Gasteiger partial charge on any atom is -0.484 e. The van der Waals surface area contributed by atoms with Crippen LogP contribution in [0.1, 0.15) is 12.0 Å². The molecule has 8 heteroatoms. The quantitative estimate of drug-likeness (QED) is 0.472. The van der Waals surface area contributed by atoms with Crippen molar-refractivity contribution in [3.05, 3.63) is 89.4 Å². The SMILES string of the molecule is O=C(COc1ccc(N2C[C@H](C(=O)NCCc3ccccc3)CC2=O)cc1)Nc1ccccc1Cl. The Morgan fingerprint density at radius 3 is 2.43 bits per heavy atom. The van der Waals surface area contributed by atoms with Crippen molar-refractivity contribution in [1.82, 2.24) is 5.32 Å². The van der Waals surface area contributed by atoms with Gasteiger partial charge in [-0.3, -0.25) is 14.4 Å². The van der Waals surface area contributed by atoms with Crippen LogP contribution in [0.25, 0.3) is 0 Å². The zero-order valence-electron chi connectivity index (χ0n) is 19.1. The number of halogens is 1. The number of carbonyl (C=O) groups is 3. The molecular weight excluding hydrogens is 466 g/mol. The second-order valence-electron chi connectivity index (χ2n) is 8.24. The Morgan fingerprint density at radius 2 is 1.69 bits per heavy atom. The van der Waals surface area contributed by atoms with Crippen LogP contribution in [0, 0.1) is 5.92 Å². The summed E-state index contributed by atoms with van der Waals surface area (Å²) in [7, 11) is 0. The number of hydrogen-bond acceptors (Lipinski definition) is 4. The van der Waals surface area contributed by atoms with E-state index in [0.717, 1.165) is 12.0 Å². The lowest BCUT2D eigenvalue weighted by Gasteiger charge is -2.17. The fourth-order valence-corrected chi connectivity index (χ4v) is 4.05. The van der Waals surface area contributed by atoms with Crippen molar-refractivity contribution in [3.8, 4) is 5.75 Å². The van der Waals surface area contributed by atoms with E-state index in [1.165, 1.54) is 0 Å². The molecule has 35 heavy (non-hydrogen) atoms. The molecule has 3 aromatic carbocycles. The molecule has 7 nitrogen and oxygen atoms in total. The molecule has 0 aromatic heterocycles. The Labute approximate surface area is 209 Å². The van der Waals surface area contributed by atoms with Gasteiger partial charge in [0.2, 0.25) is 11.8 Å². The molecule has 0 aliphatic carbocycles. The number of para-hydroxylation sites is 1. The van der Waals surface area contributed by atoms with Crippen LogP contribution >= 0.6 is 11.6 Å². The van der Waals surface area contributed by atoms with Crippen LogP contribution in [0.2, 0.25) is 5.02 Å². The lowest BCUT2D eigenvalue weighted by Crippen LogP contribution is -2.34. The molecule has 0 radical (unpaired) electrons. The summed E-state index contributed by atoms with van der Waals surface area (Å²) in [6, 6.07) is 23.8. The van der Waals surface area contributed by atoms with Gasteiger partial charge in [0.1, 0.15) is 5.75 Å². The van der Waals surface area contributed by atoms with E-state index in [1.807, 2.05) is 30.3 Å². The second kappa shape index (κ2) is 11.5. The topological polar surface area (TPSA) is 87.7 Å². The van der Waals surface area contributed by atoms with E-state index in [9.17, 15) is 14.4 Å². The first-order valence-electron chi connectivity index (χ1n) is 11.4. The molecule has 1 atom stereocenters. The van der Waals surface area contributed by atoms with Gasteiger partial charge in [-0.05, 0) is 48.4 Å². The summed E-state index contributed by atoms with van der Waals surface area (Å²) in [5.41, 5.74) is 2.35. The molecule has 2 N–H and O–H groups in total. The first kappa shape index (κ1) is 24.3. The van der Waals surface area contributed by atoms with Crippen molar-refractivity contribution in [2.24, 2.45) is 5.92 Å². The van der Waals surface area contributed by atoms with Crippen molar-refractivity contribution in [3.63, 3.8) is 0 Å². The maximum Gasteiger partial charge on any atom is 0.262 e. The smallest absolute Gasteiger partial charge is 0.262 e. The lowest BCUT2D eigenvalue weighted by atomic mass is 10.1. The molecule has 3 amide bonds. The number of carbonyl (C=O) groups excluding carboxylic acids is 3. The fraction of sp³-hybridized carbons (Fsp3) is 0.222. The molecular formula is C27H26ClN3O4. The predicted molar refractivity (Wildman–Crippen MR) is 136 cm³/mol. The number of nitrogens with one attached hydrogen (secondary N) is 2. The summed E-state index contributed by atoms with van der Waals surface area (Å²) < 4.78 is 5.54. The predicted octanol–water partition coefficient (Wildman–Crippen LogP) is 4.07. The summed E-state index contributed by atoms with van der Waals surface area (Å²) in [5, 5.41) is 6.08. The fourth-order valence-electron chi connectivity index (χ4n) is 3.87. The standard InChI is InChI=1S/C27H26ClN3O4/c28-23-8-4-5-9-24(23)30-25(32)18-35-22-12-10-21(11-13-22)31-17-20(16-26(31)33)27(34)29-15-14-19-6-2-1-3-7-19/h1-13,20H,14-18H2,(H,29,34)(H,30,32)/t20-/m1/s1. The van der Waals surface area contributed by atoms with Crippen LogP contribution in [0.15, 0.2) is 78.9 Å². The van der Waals surface area contributed by atoms with Gasteiger partial charge in [0.05, 0.1) is 16.6 Å². The van der Waals surface area contributed by atoms with Crippen molar-refractivity contribution < 1.29 is 19.1 Å². The Balaban J connectivity index is 1.24. The maximum absolute atomic E-state index is 12.6. The second-order valence-corrected chi connectivity index (χ2v) is 8.65. The van der Waals surface area contributed by atoms with Crippen LogP contribution in [0.4, 0.5) is 11.4 Å². The molecule has 3 aromatic rings. The zero-order chi connectivity index (χ0) is 24.6. The normalized spacial score (nSPS) is 15.1. The average molecular weight is 492 g/mol. The number of hydrogen-bond donors (Lipinski definition) is 2. The molecule has 180 valence electrons. The number of ether oxygens (including phenoxy) is 1. The Bertz CT molecular complexity index is 1180. The molecule has 1 saturated heterocycles. The van der Waals surface area contributed by atoms with Crippen LogP contribution in [0.5, 0.6) is 5.75 Å². The van der Waals surface area contributed by atoms with Gasteiger partial charge in [0, 0.05) is 25.2 Å². The number of rotatable bonds is 9. The first-order chi connectivity index (χ1) is 17.0. The third-order valence-corrected chi connectivity index (χ3v) is 6.05. The summed E-state index contributed by atoms with van der Waals surface area (Å²) in [4.78, 5) is 38.8. The van der Waals surface area contributed by atoms with Crippen LogP contribution in [0.3, 0.4) is 0 Å². The van der Waals surface area contributed by atoms with E-state index in [1.54, 1.807) is 53.4 Å². The Kier molecular flexibility index (Phi) is 8.00. The number of benzene rings is 3. The zero-order valence-corrected chi connectivity index (χ0v) is 19.8. The van der Waals surface area contributed by atoms with Crippen LogP contribution < -0.4 is 20.3 Å². The van der Waals surface area contributed by atoms with Gasteiger partial charge in [-0.1, -0.05) is 54.1 Å². The van der Waals surface area contributed by atoms with Crippen molar-refractivity contribution in [2.45, 2.75) is 12.8 Å². The van der Waals surface area contributed by atoms with E-state index in [-0.39, 0.29) is 36.7 Å². The first-order valence-corrected chi connectivity index (χ1v) is 11.8. The van der Waals surface area contributed by atoms with E-state index in [0.29, 0.717) is 35.2 Å². The highest BCUT2D eigenvalue weighted by atomic mass is 35.5. The molecule has 0 saturated carbocycles. The highest BCUT2D eigenvalue weighted by molar-refractivity contribution is 6.33. The van der Waals surface area contributed by atoms with Gasteiger partial charge in [-0.2, -0.15) is 0 Å². The molecule has 1 fully saturated rings. The lowest BCUT2D eigenvalue weighted by molar-refractivity contribution is -0.126. The van der Waals surface area contributed by atoms with Gasteiger partial charge in [0.25, 0.3) is 5.91 Å². The van der Waals surface area contributed by atoms with Gasteiger partial charge < -0.3 is 20.3 Å². The molecule has 1 aliphatic rings. The van der Waals surface area contributed by atoms with E-state index >= 15 is 0 Å². The number of amides is 3. The van der Waals surface area contributed by atoms with E-state index < -0.39 is 0 Å². The van der Waals surface area contributed by atoms with E-state index in [2.05, 4.69) is 10.6 Å². The third-order valence-electron chi connectivity index (χ3n) is 5.72. The van der Waals surface area contributed by atoms with Crippen LogP contribution in [-0.2, 0) is 20.8 Å². The minimum absolute atomic E-state index is 0.0963. The average Bonchev–Trinajstić information content (AvgIpc) is 3.27. The maximum atomic E-state index is 12.6. The van der Waals surface area contributed by atoms with Gasteiger partial charge >= 0.3 is 0 Å². The summed E-state index contributed by atoms with van der Waals surface area (Å²) >= 11 is 6.04. The van der Waals surface area contributed by atoms with Gasteiger partial charge in [0.15, 0.2) is 6.61 Å². The molecule has 0 spiro atoms. The monoisotopic (exact) mass is 491 g/mol. The summed E-state index contributed by atoms with van der Waals surface area (Å²) in [5.74, 6) is -0.437. The number of anilines is 2. The molecule has 1 aliphatic heterocycles. The van der Waals surface area contributed by atoms with Crippen molar-refractivity contribution in [2.75, 3.05) is 29.9 Å². The third kappa shape index (κ3) is 6.61. The Hall–Kier alpha value is -3.84. The van der Waals surface area contributed by atoms with Crippen molar-refractivity contribution >= 4 is 40.7 Å². The Morgan fingerprint density at radius 1 is 0.971 bits per heavy atom. The summed E-state index contributed by atoms with van der Waals surface area (Å²) in [6.07, 6.45) is 0.923. The van der Waals surface area contributed by atoms with Crippen molar-refractivity contribution in [1.29, 1.82) is 0 Å². The molecule has 4 rings (SSSR count). The summed E-state index contributed by atoms with van der Waals surface area (Å²) in [6.45, 7) is 0.679. The highest BCUT2D eigenvalue weighted by Crippen LogP contribution is 2.27. The van der Waals surface area contributed by atoms with Gasteiger partial charge in [-0.15, -0.1) is 0 Å². The molecule has 1 heterocycles. The largest absolute Gasteiger partial charge is 0.484 e. The molecule has 0 bridgehead atoms. The molecule has 0 unspecified atom stereocenters. The van der Waals surface area contributed by atoms with Gasteiger partial charge in [-0.25, -0.2) is 0 Å². The van der Waals surface area contributed by atoms with E-state index in [4.69, 9.17) is 16.3 Å². The van der Waals surface area contributed by atoms with Crippen LogP contribution in [-0.4, -0.2) is 37.4 Å². The highest BCUT2D eigenvalue weighted by Gasteiger charge is 2.34. The number of nitrogens with zero attached hydrogens (tertiary/aromatic N) is 1.